The molecule has 0 unspecified atom stereocenters. The molecule has 1 aromatic rings. The van der Waals surface area contributed by atoms with E-state index < -0.39 is 11.9 Å². The summed E-state index contributed by atoms with van der Waals surface area (Å²) >= 11 is 6.40. The molecule has 1 aliphatic heterocycles. The number of carbonyl (C=O) groups is 3. The number of halogens is 2. The minimum atomic E-state index is -1.17. The van der Waals surface area contributed by atoms with Gasteiger partial charge >= 0.3 is 5.97 Å². The minimum absolute atomic E-state index is 0.0648. The monoisotopic (exact) mass is 417 g/mol. The molecule has 0 spiro atoms. The summed E-state index contributed by atoms with van der Waals surface area (Å²) in [6.45, 7) is 0. The molecule has 1 aliphatic rings. The number of nitrogens with zero attached hydrogens (tertiary/aromatic N) is 1. The second kappa shape index (κ2) is 6.35. The highest BCUT2D eigenvalue weighted by Crippen LogP contribution is 2.31. The first kappa shape index (κ1) is 15.6. The van der Waals surface area contributed by atoms with Crippen LogP contribution in [0, 0.1) is 0 Å². The Kier molecular flexibility index (Phi) is 4.73. The zero-order chi connectivity index (χ0) is 15.6. The van der Waals surface area contributed by atoms with Gasteiger partial charge in [-0.05, 0) is 28.1 Å². The van der Waals surface area contributed by atoms with Crippen molar-refractivity contribution in [2.24, 2.45) is 5.10 Å². The molecular weight excluding hydrogens is 410 g/mol. The van der Waals surface area contributed by atoms with Gasteiger partial charge in [0.05, 0.1) is 11.3 Å². The summed E-state index contributed by atoms with van der Waals surface area (Å²) < 4.78 is 0.982. The van der Waals surface area contributed by atoms with Gasteiger partial charge in [0.25, 0.3) is 5.91 Å². The van der Waals surface area contributed by atoms with Gasteiger partial charge in [0.1, 0.15) is 5.71 Å². The van der Waals surface area contributed by atoms with Gasteiger partial charge in [0, 0.05) is 21.8 Å². The van der Waals surface area contributed by atoms with Gasteiger partial charge in [0.2, 0.25) is 5.91 Å². The quantitative estimate of drug-likeness (QED) is 0.698. The van der Waals surface area contributed by atoms with Crippen molar-refractivity contribution in [3.05, 3.63) is 26.6 Å². The van der Waals surface area contributed by atoms with E-state index in [1.807, 2.05) is 0 Å². The van der Waals surface area contributed by atoms with Gasteiger partial charge in [0.15, 0.2) is 0 Å². The van der Waals surface area contributed by atoms with Crippen LogP contribution in [0.3, 0.4) is 0 Å². The number of anilines is 1. The second-order valence-corrected chi connectivity index (χ2v) is 5.93. The number of amides is 2. The van der Waals surface area contributed by atoms with Crippen molar-refractivity contribution in [1.82, 2.24) is 5.43 Å². The Morgan fingerprint density at radius 2 is 2.00 bits per heavy atom. The van der Waals surface area contributed by atoms with E-state index in [-0.39, 0.29) is 35.7 Å². The molecule has 1 heterocycles. The zero-order valence-corrected chi connectivity index (χ0v) is 13.6. The van der Waals surface area contributed by atoms with Crippen LogP contribution in [0.4, 0.5) is 5.69 Å². The lowest BCUT2D eigenvalue weighted by Gasteiger charge is -2.14. The van der Waals surface area contributed by atoms with E-state index in [4.69, 9.17) is 0 Å². The molecule has 9 heteroatoms. The Morgan fingerprint density at radius 3 is 2.57 bits per heavy atom. The molecule has 0 radical (unpaired) electrons. The van der Waals surface area contributed by atoms with Crippen LogP contribution in [0.2, 0.25) is 0 Å². The van der Waals surface area contributed by atoms with Gasteiger partial charge in [-0.15, -0.1) is 0 Å². The lowest BCUT2D eigenvalue weighted by Crippen LogP contribution is -2.33. The molecule has 7 nitrogen and oxygen atoms in total. The van der Waals surface area contributed by atoms with E-state index in [9.17, 15) is 19.5 Å². The number of hydrogen-bond donors (Lipinski definition) is 3. The first-order valence-corrected chi connectivity index (χ1v) is 7.36. The third-order valence-electron chi connectivity index (χ3n) is 2.69. The Morgan fingerprint density at radius 1 is 1.29 bits per heavy atom. The number of benzene rings is 1. The van der Waals surface area contributed by atoms with E-state index in [1.165, 1.54) is 6.07 Å². The molecule has 0 saturated carbocycles. The summed E-state index contributed by atoms with van der Waals surface area (Å²) in [5, 5.41) is 15.4. The van der Waals surface area contributed by atoms with Crippen LogP contribution in [-0.4, -0.2) is 28.6 Å². The number of hydrazone groups is 1. The maximum absolute atomic E-state index is 12.1. The summed E-state index contributed by atoms with van der Waals surface area (Å²) in [5.41, 5.74) is 2.42. The molecule has 1 aromatic carbocycles. The van der Waals surface area contributed by atoms with Crippen LogP contribution in [-0.2, 0) is 9.59 Å². The standard InChI is InChI=1S/C12H9Br2N3O4/c13-5-3-6(12(20)21)10(7(14)4-5)15-11(19)8-1-2-9(18)17-16-8/h3-4H,1-2H2,(H,15,19)(H,17,18)(H,20,21). The second-order valence-electron chi connectivity index (χ2n) is 4.16. The van der Waals surface area contributed by atoms with Crippen molar-refractivity contribution in [3.8, 4) is 0 Å². The fourth-order valence-electron chi connectivity index (χ4n) is 1.69. The van der Waals surface area contributed by atoms with Crippen molar-refractivity contribution in [3.63, 3.8) is 0 Å². The Bertz CT molecular complexity index is 673. The van der Waals surface area contributed by atoms with Crippen molar-refractivity contribution >= 4 is 61.0 Å². The highest BCUT2D eigenvalue weighted by Gasteiger charge is 2.22. The Balaban J connectivity index is 2.29. The lowest BCUT2D eigenvalue weighted by atomic mass is 10.1. The third-order valence-corrected chi connectivity index (χ3v) is 3.77. The van der Waals surface area contributed by atoms with Crippen LogP contribution >= 0.6 is 31.9 Å². The van der Waals surface area contributed by atoms with Crippen molar-refractivity contribution < 1.29 is 19.5 Å². The summed E-state index contributed by atoms with van der Waals surface area (Å²) in [5.74, 6) is -1.99. The molecule has 0 bridgehead atoms. The van der Waals surface area contributed by atoms with Crippen LogP contribution in [0.25, 0.3) is 0 Å². The van der Waals surface area contributed by atoms with Crippen molar-refractivity contribution in [2.45, 2.75) is 12.8 Å². The molecule has 0 aromatic heterocycles. The Hall–Kier alpha value is -1.74. The number of hydrogen-bond acceptors (Lipinski definition) is 4. The predicted octanol–water partition coefficient (Wildman–Crippen LogP) is 2.11. The number of carboxylic acids is 1. The fraction of sp³-hybridized carbons (Fsp3) is 0.167. The molecule has 0 saturated heterocycles. The minimum Gasteiger partial charge on any atom is -0.478 e. The largest absolute Gasteiger partial charge is 0.478 e. The average molecular weight is 419 g/mol. The molecule has 2 amide bonds. The highest BCUT2D eigenvalue weighted by molar-refractivity contribution is 9.11. The fourth-order valence-corrected chi connectivity index (χ4v) is 3.02. The van der Waals surface area contributed by atoms with E-state index in [1.54, 1.807) is 6.07 Å². The van der Waals surface area contributed by atoms with E-state index in [0.29, 0.717) is 8.95 Å². The Labute approximate surface area is 136 Å². The number of carbonyl (C=O) groups excluding carboxylic acids is 2. The van der Waals surface area contributed by atoms with Crippen LogP contribution < -0.4 is 10.7 Å². The predicted molar refractivity (Wildman–Crippen MR) is 82.2 cm³/mol. The van der Waals surface area contributed by atoms with Gasteiger partial charge in [-0.25, -0.2) is 10.2 Å². The van der Waals surface area contributed by atoms with Crippen molar-refractivity contribution in [1.29, 1.82) is 0 Å². The smallest absolute Gasteiger partial charge is 0.337 e. The van der Waals surface area contributed by atoms with Crippen molar-refractivity contribution in [2.75, 3.05) is 5.32 Å². The molecule has 3 N–H and O–H groups in total. The average Bonchev–Trinajstić information content (AvgIpc) is 2.41. The van der Waals surface area contributed by atoms with Crippen LogP contribution in [0.5, 0.6) is 0 Å². The molecule has 21 heavy (non-hydrogen) atoms. The van der Waals surface area contributed by atoms with Gasteiger partial charge in [-0.1, -0.05) is 15.9 Å². The van der Waals surface area contributed by atoms with Crippen LogP contribution in [0.1, 0.15) is 23.2 Å². The number of rotatable bonds is 3. The van der Waals surface area contributed by atoms with Gasteiger partial charge in [-0.2, -0.15) is 5.10 Å². The van der Waals surface area contributed by atoms with Gasteiger partial charge < -0.3 is 10.4 Å². The first-order chi connectivity index (χ1) is 9.88. The maximum atomic E-state index is 12.1. The lowest BCUT2D eigenvalue weighted by molar-refractivity contribution is -0.121. The summed E-state index contributed by atoms with van der Waals surface area (Å²) in [7, 11) is 0. The molecular formula is C12H9Br2N3O4. The molecule has 110 valence electrons. The van der Waals surface area contributed by atoms with E-state index >= 15 is 0 Å². The number of carboxylic acid groups (broad SMARTS) is 1. The molecule has 2 rings (SSSR count). The number of aromatic carboxylic acids is 1. The maximum Gasteiger partial charge on any atom is 0.337 e. The molecule has 0 fully saturated rings. The first-order valence-electron chi connectivity index (χ1n) is 5.77. The highest BCUT2D eigenvalue weighted by atomic mass is 79.9. The van der Waals surface area contributed by atoms with E-state index in [0.717, 1.165) is 0 Å². The SMILES string of the molecule is O=C1CCC(C(=O)Nc2c(Br)cc(Br)cc2C(=O)O)=NN1. The van der Waals surface area contributed by atoms with Gasteiger partial charge in [-0.3, -0.25) is 9.59 Å². The molecule has 0 aliphatic carbocycles. The normalized spacial score (nSPS) is 14.2. The number of nitrogens with one attached hydrogen (secondary N) is 2. The topological polar surface area (TPSA) is 108 Å². The zero-order valence-electron chi connectivity index (χ0n) is 10.4. The van der Waals surface area contributed by atoms with Crippen LogP contribution in [0.15, 0.2) is 26.2 Å². The van der Waals surface area contributed by atoms with E-state index in [2.05, 4.69) is 47.7 Å². The summed E-state index contributed by atoms with van der Waals surface area (Å²) in [4.78, 5) is 34.3. The molecule has 0 atom stereocenters. The third kappa shape index (κ3) is 3.67. The summed E-state index contributed by atoms with van der Waals surface area (Å²) in [6.07, 6.45) is 0.369. The summed E-state index contributed by atoms with van der Waals surface area (Å²) in [6, 6.07) is 3.00.